The van der Waals surface area contributed by atoms with Gasteiger partial charge in [0.25, 0.3) is 0 Å². The normalized spacial score (nSPS) is 13.1. The van der Waals surface area contributed by atoms with Crippen LogP contribution in [0.2, 0.25) is 0 Å². The monoisotopic (exact) mass is 145 g/mol. The standard InChI is InChI=1S/C5H11N3O2/c6-5(7)4(3-10)8-1-2-9/h2-5,8H,1,6-7H2. The molecule has 0 fully saturated rings. The van der Waals surface area contributed by atoms with E-state index < -0.39 is 12.2 Å². The first-order chi connectivity index (χ1) is 4.72. The minimum absolute atomic E-state index is 0.0916. The van der Waals surface area contributed by atoms with Gasteiger partial charge in [-0.25, -0.2) is 0 Å². The Kier molecular flexibility index (Phi) is 4.65. The van der Waals surface area contributed by atoms with E-state index in [1.54, 1.807) is 0 Å². The minimum atomic E-state index is -0.752. The van der Waals surface area contributed by atoms with E-state index in [0.717, 1.165) is 0 Å². The van der Waals surface area contributed by atoms with Gasteiger partial charge in [-0.15, -0.1) is 0 Å². The second-order valence-corrected chi connectivity index (χ2v) is 1.81. The second kappa shape index (κ2) is 5.04. The summed E-state index contributed by atoms with van der Waals surface area (Å²) in [7, 11) is 0. The van der Waals surface area contributed by atoms with Crippen molar-refractivity contribution in [1.29, 1.82) is 0 Å². The van der Waals surface area contributed by atoms with Crippen LogP contribution in [0.15, 0.2) is 0 Å². The Morgan fingerprint density at radius 2 is 2.00 bits per heavy atom. The van der Waals surface area contributed by atoms with Gasteiger partial charge in [-0.3, -0.25) is 5.32 Å². The second-order valence-electron chi connectivity index (χ2n) is 1.81. The Bertz CT molecular complexity index is 115. The quantitative estimate of drug-likeness (QED) is 0.295. The zero-order valence-corrected chi connectivity index (χ0v) is 5.49. The molecule has 0 saturated heterocycles. The van der Waals surface area contributed by atoms with Crippen molar-refractivity contribution >= 4 is 12.6 Å². The predicted octanol–water partition coefficient (Wildman–Crippen LogP) is -2.41. The molecule has 5 N–H and O–H groups in total. The first-order valence-corrected chi connectivity index (χ1v) is 2.86. The van der Waals surface area contributed by atoms with Crippen LogP contribution in [-0.4, -0.2) is 31.3 Å². The topological polar surface area (TPSA) is 98.2 Å². The van der Waals surface area contributed by atoms with Gasteiger partial charge in [0.2, 0.25) is 0 Å². The summed E-state index contributed by atoms with van der Waals surface area (Å²) in [5.74, 6) is 0. The van der Waals surface area contributed by atoms with Gasteiger partial charge in [0, 0.05) is 0 Å². The fourth-order valence-electron chi connectivity index (χ4n) is 0.459. The molecule has 0 heterocycles. The largest absolute Gasteiger partial charge is 0.314 e. The van der Waals surface area contributed by atoms with Crippen molar-refractivity contribution in [1.82, 2.24) is 5.32 Å². The van der Waals surface area contributed by atoms with Crippen LogP contribution >= 0.6 is 0 Å². The van der Waals surface area contributed by atoms with Crippen molar-refractivity contribution in [2.45, 2.75) is 12.2 Å². The van der Waals surface area contributed by atoms with Crippen LogP contribution in [0, 0.1) is 0 Å². The third kappa shape index (κ3) is 3.29. The maximum atomic E-state index is 10.1. The molecule has 0 aromatic rings. The molecule has 0 radical (unpaired) electrons. The maximum Gasteiger partial charge on any atom is 0.139 e. The average Bonchev–Trinajstić information content (AvgIpc) is 1.89. The molecule has 0 rings (SSSR count). The fourth-order valence-corrected chi connectivity index (χ4v) is 0.459. The van der Waals surface area contributed by atoms with Gasteiger partial charge < -0.3 is 21.1 Å². The highest BCUT2D eigenvalue weighted by atomic mass is 16.1. The van der Waals surface area contributed by atoms with Crippen molar-refractivity contribution in [3.8, 4) is 0 Å². The van der Waals surface area contributed by atoms with Gasteiger partial charge in [0.15, 0.2) is 0 Å². The molecule has 0 aromatic carbocycles. The molecule has 0 saturated carbocycles. The summed E-state index contributed by atoms with van der Waals surface area (Å²) < 4.78 is 0. The molecular weight excluding hydrogens is 134 g/mol. The Hall–Kier alpha value is -0.780. The Morgan fingerprint density at radius 3 is 2.30 bits per heavy atom. The SMILES string of the molecule is NC(N)C(C=O)NCC=O. The van der Waals surface area contributed by atoms with Crippen LogP contribution < -0.4 is 16.8 Å². The van der Waals surface area contributed by atoms with E-state index in [1.807, 2.05) is 0 Å². The predicted molar refractivity (Wildman–Crippen MR) is 36.1 cm³/mol. The highest BCUT2D eigenvalue weighted by Crippen LogP contribution is 1.75. The third-order valence-corrected chi connectivity index (χ3v) is 0.998. The van der Waals surface area contributed by atoms with Crippen LogP contribution in [0.5, 0.6) is 0 Å². The number of rotatable bonds is 5. The van der Waals surface area contributed by atoms with Crippen LogP contribution in [0.25, 0.3) is 0 Å². The number of hydrogen-bond donors (Lipinski definition) is 3. The summed E-state index contributed by atoms with van der Waals surface area (Å²) in [4.78, 5) is 19.9. The Balaban J connectivity index is 3.59. The number of carbonyl (C=O) groups is 2. The maximum absolute atomic E-state index is 10.1. The third-order valence-electron chi connectivity index (χ3n) is 0.998. The van der Waals surface area contributed by atoms with Gasteiger partial charge in [-0.2, -0.15) is 0 Å². The summed E-state index contributed by atoms with van der Waals surface area (Å²) in [6.07, 6.45) is 0.463. The molecule has 10 heavy (non-hydrogen) atoms. The lowest BCUT2D eigenvalue weighted by molar-refractivity contribution is -0.110. The highest BCUT2D eigenvalue weighted by Gasteiger charge is 2.10. The highest BCUT2D eigenvalue weighted by molar-refractivity contribution is 5.60. The van der Waals surface area contributed by atoms with Gasteiger partial charge >= 0.3 is 0 Å². The van der Waals surface area contributed by atoms with Crippen molar-refractivity contribution in [3.63, 3.8) is 0 Å². The van der Waals surface area contributed by atoms with Gasteiger partial charge in [0.05, 0.1) is 18.8 Å². The van der Waals surface area contributed by atoms with Gasteiger partial charge in [-0.1, -0.05) is 0 Å². The molecule has 5 heteroatoms. The molecule has 5 nitrogen and oxygen atoms in total. The number of nitrogens with one attached hydrogen (secondary N) is 1. The summed E-state index contributed by atoms with van der Waals surface area (Å²) in [6, 6.07) is -0.634. The van der Waals surface area contributed by atoms with Crippen molar-refractivity contribution in [3.05, 3.63) is 0 Å². The van der Waals surface area contributed by atoms with Crippen LogP contribution in [0.4, 0.5) is 0 Å². The van der Waals surface area contributed by atoms with E-state index in [1.165, 1.54) is 0 Å². The average molecular weight is 145 g/mol. The lowest BCUT2D eigenvalue weighted by atomic mass is 10.3. The lowest BCUT2D eigenvalue weighted by Crippen LogP contribution is -2.52. The first kappa shape index (κ1) is 9.22. The van der Waals surface area contributed by atoms with Gasteiger partial charge in [-0.05, 0) is 0 Å². The first-order valence-electron chi connectivity index (χ1n) is 2.86. The zero-order valence-electron chi connectivity index (χ0n) is 5.49. The van der Waals surface area contributed by atoms with E-state index in [9.17, 15) is 9.59 Å². The van der Waals surface area contributed by atoms with Crippen LogP contribution in [0.3, 0.4) is 0 Å². The number of hydrogen-bond acceptors (Lipinski definition) is 5. The van der Waals surface area contributed by atoms with E-state index in [4.69, 9.17) is 11.5 Å². The lowest BCUT2D eigenvalue weighted by Gasteiger charge is -2.13. The van der Waals surface area contributed by atoms with E-state index >= 15 is 0 Å². The fraction of sp³-hybridized carbons (Fsp3) is 0.600. The Labute approximate surface area is 58.8 Å². The molecule has 0 bridgehead atoms. The van der Waals surface area contributed by atoms with Crippen LogP contribution in [-0.2, 0) is 9.59 Å². The minimum Gasteiger partial charge on any atom is -0.314 e. The van der Waals surface area contributed by atoms with Gasteiger partial charge in [0.1, 0.15) is 12.6 Å². The molecule has 0 aliphatic heterocycles. The van der Waals surface area contributed by atoms with Crippen molar-refractivity contribution < 1.29 is 9.59 Å². The molecule has 0 aromatic heterocycles. The summed E-state index contributed by atoms with van der Waals surface area (Å²) >= 11 is 0. The molecule has 0 spiro atoms. The molecule has 0 aliphatic rings. The Morgan fingerprint density at radius 1 is 1.40 bits per heavy atom. The smallest absolute Gasteiger partial charge is 0.139 e. The van der Waals surface area contributed by atoms with Crippen molar-refractivity contribution in [2.75, 3.05) is 6.54 Å². The number of aldehydes is 2. The molecule has 0 amide bonds. The summed E-state index contributed by atoms with van der Waals surface area (Å²) in [5, 5.41) is 2.53. The summed E-state index contributed by atoms with van der Waals surface area (Å²) in [5.41, 5.74) is 10.3. The summed E-state index contributed by atoms with van der Waals surface area (Å²) in [6.45, 7) is 0.0916. The molecule has 1 unspecified atom stereocenters. The zero-order chi connectivity index (χ0) is 7.98. The molecular formula is C5H11N3O2. The van der Waals surface area contributed by atoms with E-state index in [2.05, 4.69) is 5.32 Å². The van der Waals surface area contributed by atoms with Crippen LogP contribution in [0.1, 0.15) is 0 Å². The molecule has 58 valence electrons. The molecule has 0 aliphatic carbocycles. The number of carbonyl (C=O) groups excluding carboxylic acids is 2. The van der Waals surface area contributed by atoms with E-state index in [-0.39, 0.29) is 6.54 Å². The molecule has 1 atom stereocenters. The van der Waals surface area contributed by atoms with Crippen molar-refractivity contribution in [2.24, 2.45) is 11.5 Å². The van der Waals surface area contributed by atoms with E-state index in [0.29, 0.717) is 12.6 Å². The number of nitrogens with two attached hydrogens (primary N) is 2.